The molecule has 0 amide bonds. The summed E-state index contributed by atoms with van der Waals surface area (Å²) in [5.41, 5.74) is 3.10. The molecular formula is C20H28N2O. The Hall–Kier alpha value is -1.48. The minimum Gasteiger partial charge on any atom is -0.497 e. The zero-order valence-corrected chi connectivity index (χ0v) is 14.5. The van der Waals surface area contributed by atoms with Crippen LogP contribution in [0.4, 0.5) is 0 Å². The lowest BCUT2D eigenvalue weighted by Gasteiger charge is -2.60. The van der Waals surface area contributed by atoms with Crippen LogP contribution in [0.15, 0.2) is 24.4 Å². The van der Waals surface area contributed by atoms with Crippen LogP contribution in [-0.2, 0) is 6.54 Å². The quantitative estimate of drug-likeness (QED) is 0.862. The molecule has 3 heteroatoms. The number of nitrogens with one attached hydrogen (secondary N) is 2. The molecular weight excluding hydrogens is 284 g/mol. The summed E-state index contributed by atoms with van der Waals surface area (Å²) in [5, 5.41) is 4.99. The average molecular weight is 312 g/mol. The number of ether oxygens (including phenoxy) is 1. The van der Waals surface area contributed by atoms with Gasteiger partial charge in [-0.1, -0.05) is 13.8 Å². The van der Waals surface area contributed by atoms with Crippen molar-refractivity contribution in [3.63, 3.8) is 0 Å². The highest BCUT2D eigenvalue weighted by molar-refractivity contribution is 5.84. The van der Waals surface area contributed by atoms with E-state index in [4.69, 9.17) is 4.74 Å². The van der Waals surface area contributed by atoms with Crippen molar-refractivity contribution in [2.45, 2.75) is 39.7 Å². The maximum absolute atomic E-state index is 5.35. The summed E-state index contributed by atoms with van der Waals surface area (Å²) in [6.07, 6.45) is 6.43. The second-order valence-corrected chi connectivity index (χ2v) is 8.05. The zero-order valence-electron chi connectivity index (χ0n) is 14.5. The summed E-state index contributed by atoms with van der Waals surface area (Å²) >= 11 is 0. The number of hydrogen-bond acceptors (Lipinski definition) is 2. The van der Waals surface area contributed by atoms with Gasteiger partial charge in [-0.25, -0.2) is 0 Å². The van der Waals surface area contributed by atoms with E-state index >= 15 is 0 Å². The first-order chi connectivity index (χ1) is 11.1. The molecule has 124 valence electrons. The number of rotatable bonds is 5. The predicted octanol–water partition coefficient (Wildman–Crippen LogP) is 4.34. The van der Waals surface area contributed by atoms with Crippen LogP contribution in [-0.4, -0.2) is 18.6 Å². The molecule has 3 aliphatic carbocycles. The van der Waals surface area contributed by atoms with Crippen LogP contribution in [0.3, 0.4) is 0 Å². The first-order valence-corrected chi connectivity index (χ1v) is 8.94. The SMILES string of the molecule is COc1ccc2[nH]cc(CNCC3CC[C@H]4C[C@@H]3C4(C)C)c2c1. The highest BCUT2D eigenvalue weighted by Crippen LogP contribution is 2.61. The molecule has 2 bridgehead atoms. The molecule has 0 saturated heterocycles. The van der Waals surface area contributed by atoms with Crippen LogP contribution >= 0.6 is 0 Å². The van der Waals surface area contributed by atoms with Crippen molar-refractivity contribution in [3.8, 4) is 5.75 Å². The van der Waals surface area contributed by atoms with Crippen molar-refractivity contribution >= 4 is 10.9 Å². The summed E-state index contributed by atoms with van der Waals surface area (Å²) in [6, 6.07) is 6.23. The number of hydrogen-bond donors (Lipinski definition) is 2. The van der Waals surface area contributed by atoms with E-state index in [1.165, 1.54) is 35.7 Å². The highest BCUT2D eigenvalue weighted by Gasteiger charge is 2.53. The lowest BCUT2D eigenvalue weighted by molar-refractivity contribution is -0.103. The molecule has 3 fully saturated rings. The van der Waals surface area contributed by atoms with Crippen LogP contribution in [0.25, 0.3) is 10.9 Å². The largest absolute Gasteiger partial charge is 0.497 e. The van der Waals surface area contributed by atoms with Crippen LogP contribution in [0.5, 0.6) is 5.75 Å². The Morgan fingerprint density at radius 3 is 2.91 bits per heavy atom. The van der Waals surface area contributed by atoms with E-state index in [1.807, 2.05) is 6.07 Å². The number of benzene rings is 1. The Labute approximate surface area is 138 Å². The van der Waals surface area contributed by atoms with Crippen molar-refractivity contribution < 1.29 is 4.74 Å². The monoisotopic (exact) mass is 312 g/mol. The van der Waals surface area contributed by atoms with Gasteiger partial charge in [-0.05, 0) is 72.7 Å². The minimum absolute atomic E-state index is 0.582. The van der Waals surface area contributed by atoms with Gasteiger partial charge in [0, 0.05) is 23.6 Å². The molecule has 3 saturated carbocycles. The van der Waals surface area contributed by atoms with Crippen LogP contribution in [0.1, 0.15) is 38.7 Å². The van der Waals surface area contributed by atoms with Gasteiger partial charge in [-0.2, -0.15) is 0 Å². The number of aromatic nitrogens is 1. The fraction of sp³-hybridized carbons (Fsp3) is 0.600. The topological polar surface area (TPSA) is 37.0 Å². The summed E-state index contributed by atoms with van der Waals surface area (Å²) < 4.78 is 5.35. The van der Waals surface area contributed by atoms with E-state index in [0.717, 1.165) is 36.6 Å². The van der Waals surface area contributed by atoms with Gasteiger partial charge in [-0.3, -0.25) is 0 Å². The van der Waals surface area contributed by atoms with Gasteiger partial charge in [0.1, 0.15) is 5.75 Å². The fourth-order valence-corrected chi connectivity index (χ4v) is 5.03. The molecule has 1 aromatic carbocycles. The maximum atomic E-state index is 5.35. The van der Waals surface area contributed by atoms with Gasteiger partial charge in [0.25, 0.3) is 0 Å². The predicted molar refractivity (Wildman–Crippen MR) is 94.7 cm³/mol. The lowest BCUT2D eigenvalue weighted by Crippen LogP contribution is -2.54. The zero-order chi connectivity index (χ0) is 16.0. The van der Waals surface area contributed by atoms with Crippen molar-refractivity contribution in [1.82, 2.24) is 10.3 Å². The molecule has 23 heavy (non-hydrogen) atoms. The summed E-state index contributed by atoms with van der Waals surface area (Å²) in [5.74, 6) is 3.70. The van der Waals surface area contributed by atoms with Gasteiger partial charge in [0.2, 0.25) is 0 Å². The molecule has 0 radical (unpaired) electrons. The highest BCUT2D eigenvalue weighted by atomic mass is 16.5. The van der Waals surface area contributed by atoms with Crippen LogP contribution in [0, 0.1) is 23.2 Å². The maximum Gasteiger partial charge on any atom is 0.119 e. The van der Waals surface area contributed by atoms with Crippen molar-refractivity contribution in [1.29, 1.82) is 0 Å². The standard InChI is InChI=1S/C20H28N2O/c1-20(2)15-5-4-13(18(20)8-15)10-21-11-14-12-22-19-7-6-16(23-3)9-17(14)19/h6-7,9,12-13,15,18,21-22H,4-5,8,10-11H2,1-3H3/t13?,15-,18-/m0/s1. The average Bonchev–Trinajstić information content (AvgIpc) is 2.97. The third kappa shape index (κ3) is 2.46. The number of fused-ring (bicyclic) bond motifs is 3. The van der Waals surface area contributed by atoms with Crippen molar-refractivity contribution in [3.05, 3.63) is 30.0 Å². The van der Waals surface area contributed by atoms with E-state index in [-0.39, 0.29) is 0 Å². The lowest BCUT2D eigenvalue weighted by atomic mass is 9.45. The smallest absolute Gasteiger partial charge is 0.119 e. The van der Waals surface area contributed by atoms with Crippen LogP contribution < -0.4 is 10.1 Å². The number of aromatic amines is 1. The second-order valence-electron chi connectivity index (χ2n) is 8.05. The first kappa shape index (κ1) is 15.1. The molecule has 3 atom stereocenters. The molecule has 1 unspecified atom stereocenters. The third-order valence-electron chi connectivity index (χ3n) is 6.70. The van der Waals surface area contributed by atoms with Crippen LogP contribution in [0.2, 0.25) is 0 Å². The summed E-state index contributed by atoms with van der Waals surface area (Å²) in [4.78, 5) is 3.36. The van der Waals surface area contributed by atoms with Gasteiger partial charge < -0.3 is 15.0 Å². The third-order valence-corrected chi connectivity index (χ3v) is 6.70. The molecule has 1 aromatic heterocycles. The van der Waals surface area contributed by atoms with Gasteiger partial charge in [0.05, 0.1) is 7.11 Å². The van der Waals surface area contributed by atoms with E-state index in [1.54, 1.807) is 7.11 Å². The molecule has 0 spiro atoms. The summed E-state index contributed by atoms with van der Waals surface area (Å²) in [6.45, 7) is 7.03. The molecule has 0 aliphatic heterocycles. The normalized spacial score (nSPS) is 28.6. The Balaban J connectivity index is 1.40. The molecule has 3 aliphatic rings. The van der Waals surface area contributed by atoms with E-state index in [2.05, 4.69) is 42.5 Å². The molecule has 2 aromatic rings. The first-order valence-electron chi connectivity index (χ1n) is 8.94. The molecule has 5 rings (SSSR count). The fourth-order valence-electron chi connectivity index (χ4n) is 5.03. The molecule has 3 nitrogen and oxygen atoms in total. The second kappa shape index (κ2) is 5.55. The molecule has 2 N–H and O–H groups in total. The Bertz CT molecular complexity index is 701. The van der Waals surface area contributed by atoms with Crippen molar-refractivity contribution in [2.75, 3.05) is 13.7 Å². The van der Waals surface area contributed by atoms with Gasteiger partial charge in [-0.15, -0.1) is 0 Å². The van der Waals surface area contributed by atoms with Crippen molar-refractivity contribution in [2.24, 2.45) is 23.2 Å². The summed E-state index contributed by atoms with van der Waals surface area (Å²) in [7, 11) is 1.72. The van der Waals surface area contributed by atoms with E-state index < -0.39 is 0 Å². The number of methoxy groups -OCH3 is 1. The van der Waals surface area contributed by atoms with Gasteiger partial charge in [0.15, 0.2) is 0 Å². The Morgan fingerprint density at radius 2 is 2.17 bits per heavy atom. The van der Waals surface area contributed by atoms with Gasteiger partial charge >= 0.3 is 0 Å². The Morgan fingerprint density at radius 1 is 1.30 bits per heavy atom. The van der Waals surface area contributed by atoms with E-state index in [0.29, 0.717) is 5.41 Å². The number of H-pyrrole nitrogens is 1. The Kier molecular flexibility index (Phi) is 3.64. The minimum atomic E-state index is 0.582. The molecule has 1 heterocycles. The van der Waals surface area contributed by atoms with E-state index in [9.17, 15) is 0 Å².